The largest absolute Gasteiger partial charge is 0.275 e. The van der Waals surface area contributed by atoms with Crippen molar-refractivity contribution in [2.45, 2.75) is 54.4 Å². The molecular formula is C32H37N3. The van der Waals surface area contributed by atoms with E-state index in [1.54, 1.807) is 0 Å². The van der Waals surface area contributed by atoms with Gasteiger partial charge in [0.15, 0.2) is 11.6 Å². The molecule has 3 aromatic rings. The van der Waals surface area contributed by atoms with E-state index in [-0.39, 0.29) is 5.41 Å². The van der Waals surface area contributed by atoms with Crippen LogP contribution in [0.3, 0.4) is 0 Å². The fourth-order valence-corrected chi connectivity index (χ4v) is 4.15. The molecular weight excluding hydrogens is 426 g/mol. The van der Waals surface area contributed by atoms with Gasteiger partial charge in [0.1, 0.15) is 0 Å². The fourth-order valence-electron chi connectivity index (χ4n) is 4.15. The Morgan fingerprint density at radius 3 is 2.20 bits per heavy atom. The van der Waals surface area contributed by atoms with E-state index in [1.807, 2.05) is 6.07 Å². The number of para-hydroxylation sites is 1. The first-order valence-corrected chi connectivity index (χ1v) is 12.6. The SMILES string of the molecule is CC(=CC=C(c1nnc(-c2ccc(C3=CC=CCC3)cc2)n1-c1ccccc1)C(C)C)C(C)(C)C. The lowest BCUT2D eigenvalue weighted by atomic mass is 9.87. The first kappa shape index (κ1) is 24.7. The third-order valence-corrected chi connectivity index (χ3v) is 6.78. The van der Waals surface area contributed by atoms with Gasteiger partial charge in [0.05, 0.1) is 0 Å². The molecule has 0 aliphatic heterocycles. The molecule has 0 radical (unpaired) electrons. The summed E-state index contributed by atoms with van der Waals surface area (Å²) in [7, 11) is 0. The Morgan fingerprint density at radius 1 is 0.914 bits per heavy atom. The smallest absolute Gasteiger partial charge is 0.168 e. The zero-order valence-corrected chi connectivity index (χ0v) is 21.9. The van der Waals surface area contributed by atoms with E-state index in [4.69, 9.17) is 10.2 Å². The minimum absolute atomic E-state index is 0.127. The molecule has 1 aliphatic rings. The van der Waals surface area contributed by atoms with Crippen molar-refractivity contribution in [1.29, 1.82) is 0 Å². The second-order valence-electron chi connectivity index (χ2n) is 10.6. The van der Waals surface area contributed by atoms with E-state index in [0.29, 0.717) is 5.92 Å². The van der Waals surface area contributed by atoms with Gasteiger partial charge in [-0.1, -0.05) is 113 Å². The molecule has 0 saturated carbocycles. The highest BCUT2D eigenvalue weighted by Crippen LogP contribution is 2.32. The van der Waals surface area contributed by atoms with Gasteiger partial charge in [0.25, 0.3) is 0 Å². The van der Waals surface area contributed by atoms with Crippen molar-refractivity contribution in [2.24, 2.45) is 11.3 Å². The maximum Gasteiger partial charge on any atom is 0.168 e. The van der Waals surface area contributed by atoms with Crippen LogP contribution >= 0.6 is 0 Å². The topological polar surface area (TPSA) is 30.7 Å². The number of rotatable bonds is 6. The van der Waals surface area contributed by atoms with Crippen LogP contribution in [0.5, 0.6) is 0 Å². The minimum Gasteiger partial charge on any atom is -0.275 e. The monoisotopic (exact) mass is 463 g/mol. The first-order chi connectivity index (χ1) is 16.8. The number of aromatic nitrogens is 3. The Hall–Kier alpha value is -3.46. The summed E-state index contributed by atoms with van der Waals surface area (Å²) in [6, 6.07) is 19.2. The molecule has 3 nitrogen and oxygen atoms in total. The maximum absolute atomic E-state index is 4.74. The predicted molar refractivity (Wildman–Crippen MR) is 149 cm³/mol. The quantitative estimate of drug-likeness (QED) is 0.342. The molecule has 180 valence electrons. The van der Waals surface area contributed by atoms with Crippen molar-refractivity contribution in [3.63, 3.8) is 0 Å². The molecule has 0 bridgehead atoms. The molecule has 3 heteroatoms. The van der Waals surface area contributed by atoms with Crippen LogP contribution in [0, 0.1) is 11.3 Å². The van der Waals surface area contributed by atoms with Crippen LogP contribution in [0.25, 0.3) is 28.2 Å². The van der Waals surface area contributed by atoms with Gasteiger partial charge in [0, 0.05) is 11.3 Å². The van der Waals surface area contributed by atoms with E-state index in [2.05, 4.69) is 125 Å². The Labute approximate surface area is 210 Å². The lowest BCUT2D eigenvalue weighted by Crippen LogP contribution is -2.07. The molecule has 0 spiro atoms. The van der Waals surface area contributed by atoms with Crippen LogP contribution in [0.2, 0.25) is 0 Å². The Kier molecular flexibility index (Phi) is 7.35. The summed E-state index contributed by atoms with van der Waals surface area (Å²) in [5.41, 5.74) is 7.42. The Bertz CT molecular complexity index is 1270. The summed E-state index contributed by atoms with van der Waals surface area (Å²) < 4.78 is 2.20. The highest BCUT2D eigenvalue weighted by molar-refractivity contribution is 5.73. The van der Waals surface area contributed by atoms with Crippen LogP contribution in [-0.4, -0.2) is 14.8 Å². The van der Waals surface area contributed by atoms with Gasteiger partial charge in [-0.05, 0) is 59.9 Å². The third-order valence-electron chi connectivity index (χ3n) is 6.78. The zero-order valence-electron chi connectivity index (χ0n) is 21.9. The molecule has 0 fully saturated rings. The number of allylic oxidation sites excluding steroid dienone is 8. The summed E-state index contributed by atoms with van der Waals surface area (Å²) in [6.45, 7) is 13.4. The standard InChI is InChI=1S/C32H37N3/c1-23(2)29(22-17-24(3)32(4,5)6)31-34-33-30(35(31)28-15-11-8-12-16-28)27-20-18-26(19-21-27)25-13-9-7-10-14-25/h7-9,11-13,15-23H,10,14H2,1-6H3. The van der Waals surface area contributed by atoms with Crippen molar-refractivity contribution in [3.05, 3.63) is 102 Å². The van der Waals surface area contributed by atoms with E-state index in [1.165, 1.54) is 22.3 Å². The number of benzene rings is 2. The van der Waals surface area contributed by atoms with Crippen molar-refractivity contribution < 1.29 is 0 Å². The summed E-state index contributed by atoms with van der Waals surface area (Å²) in [5, 5.41) is 9.45. The second-order valence-corrected chi connectivity index (χ2v) is 10.6. The molecule has 4 rings (SSSR count). The van der Waals surface area contributed by atoms with Gasteiger partial charge in [-0.15, -0.1) is 10.2 Å². The predicted octanol–water partition coefficient (Wildman–Crippen LogP) is 8.70. The molecule has 0 atom stereocenters. The molecule has 1 heterocycles. The third kappa shape index (κ3) is 5.62. The summed E-state index contributed by atoms with van der Waals surface area (Å²) in [4.78, 5) is 0. The van der Waals surface area contributed by atoms with Gasteiger partial charge in [-0.25, -0.2) is 0 Å². The van der Waals surface area contributed by atoms with Crippen LogP contribution in [-0.2, 0) is 0 Å². The first-order valence-electron chi connectivity index (χ1n) is 12.6. The Morgan fingerprint density at radius 2 is 1.60 bits per heavy atom. The van der Waals surface area contributed by atoms with Gasteiger partial charge in [0.2, 0.25) is 0 Å². The van der Waals surface area contributed by atoms with Gasteiger partial charge < -0.3 is 0 Å². The second kappa shape index (κ2) is 10.4. The highest BCUT2D eigenvalue weighted by Gasteiger charge is 2.21. The lowest BCUT2D eigenvalue weighted by molar-refractivity contribution is 0.504. The summed E-state index contributed by atoms with van der Waals surface area (Å²) in [6.07, 6.45) is 13.2. The molecule has 1 aromatic heterocycles. The van der Waals surface area contributed by atoms with Crippen molar-refractivity contribution in [2.75, 3.05) is 0 Å². The number of hydrogen-bond acceptors (Lipinski definition) is 2. The van der Waals surface area contributed by atoms with E-state index in [0.717, 1.165) is 35.7 Å². The average molecular weight is 464 g/mol. The van der Waals surface area contributed by atoms with Crippen LogP contribution in [0.1, 0.15) is 65.8 Å². The van der Waals surface area contributed by atoms with Crippen LogP contribution in [0.15, 0.2) is 90.6 Å². The normalized spacial score (nSPS) is 15.0. The lowest BCUT2D eigenvalue weighted by Gasteiger charge is -2.19. The molecule has 0 unspecified atom stereocenters. The van der Waals surface area contributed by atoms with Crippen molar-refractivity contribution >= 4 is 11.1 Å². The molecule has 35 heavy (non-hydrogen) atoms. The van der Waals surface area contributed by atoms with Gasteiger partial charge >= 0.3 is 0 Å². The molecule has 0 N–H and O–H groups in total. The summed E-state index contributed by atoms with van der Waals surface area (Å²) >= 11 is 0. The maximum atomic E-state index is 4.74. The van der Waals surface area contributed by atoms with Gasteiger partial charge in [-0.2, -0.15) is 0 Å². The van der Waals surface area contributed by atoms with Crippen molar-refractivity contribution in [1.82, 2.24) is 14.8 Å². The zero-order chi connectivity index (χ0) is 25.0. The van der Waals surface area contributed by atoms with Crippen LogP contribution < -0.4 is 0 Å². The minimum atomic E-state index is 0.127. The average Bonchev–Trinajstić information content (AvgIpc) is 3.29. The van der Waals surface area contributed by atoms with Gasteiger partial charge in [-0.3, -0.25) is 4.57 Å². The van der Waals surface area contributed by atoms with E-state index in [9.17, 15) is 0 Å². The molecule has 2 aromatic carbocycles. The van der Waals surface area contributed by atoms with E-state index >= 15 is 0 Å². The van der Waals surface area contributed by atoms with Crippen LogP contribution in [0.4, 0.5) is 0 Å². The number of hydrogen-bond donors (Lipinski definition) is 0. The number of nitrogens with zero attached hydrogens (tertiary/aromatic N) is 3. The highest BCUT2D eigenvalue weighted by atomic mass is 15.3. The molecule has 0 amide bonds. The molecule has 0 saturated heterocycles. The summed E-state index contributed by atoms with van der Waals surface area (Å²) in [5.74, 6) is 2.05. The molecule has 1 aliphatic carbocycles. The van der Waals surface area contributed by atoms with E-state index < -0.39 is 0 Å². The fraction of sp³-hybridized carbons (Fsp3) is 0.312. The van der Waals surface area contributed by atoms with Crippen molar-refractivity contribution in [3.8, 4) is 17.1 Å². The Balaban J connectivity index is 1.82.